The number of hydrogen-bond acceptors (Lipinski definition) is 3. The zero-order valence-corrected chi connectivity index (χ0v) is 16.2. The predicted octanol–water partition coefficient (Wildman–Crippen LogP) is 3.75. The lowest BCUT2D eigenvalue weighted by molar-refractivity contribution is 0.0976. The second-order valence-corrected chi connectivity index (χ2v) is 7.91. The molecule has 0 aliphatic carbocycles. The third-order valence-electron chi connectivity index (χ3n) is 4.06. The van der Waals surface area contributed by atoms with Crippen LogP contribution < -0.4 is 5.32 Å². The molecule has 0 aliphatic heterocycles. The van der Waals surface area contributed by atoms with E-state index in [9.17, 15) is 13.2 Å². The minimum atomic E-state index is -3.95. The molecule has 5 nitrogen and oxygen atoms in total. The number of benzene rings is 3. The highest BCUT2D eigenvalue weighted by atomic mass is 32.2. The molecule has 3 aromatic rings. The Bertz CT molecular complexity index is 1080. The third kappa shape index (κ3) is 5.14. The van der Waals surface area contributed by atoms with Crippen LogP contribution in [-0.2, 0) is 16.4 Å². The quantitative estimate of drug-likeness (QED) is 0.531. The maximum absolute atomic E-state index is 12.7. The van der Waals surface area contributed by atoms with Crippen LogP contribution >= 0.6 is 0 Å². The van der Waals surface area contributed by atoms with E-state index in [2.05, 4.69) is 9.71 Å². The molecule has 28 heavy (non-hydrogen) atoms. The Balaban J connectivity index is 1.94. The highest BCUT2D eigenvalue weighted by molar-refractivity contribution is 7.90. The zero-order chi connectivity index (χ0) is 20.0. The van der Waals surface area contributed by atoms with Gasteiger partial charge in [-0.15, -0.1) is 4.40 Å². The van der Waals surface area contributed by atoms with E-state index >= 15 is 0 Å². The van der Waals surface area contributed by atoms with E-state index in [1.54, 1.807) is 42.5 Å². The average Bonchev–Trinajstić information content (AvgIpc) is 2.69. The summed E-state index contributed by atoms with van der Waals surface area (Å²) in [5, 5.41) is 2.65. The van der Waals surface area contributed by atoms with Crippen molar-refractivity contribution in [3.8, 4) is 0 Å². The average molecular weight is 392 g/mol. The summed E-state index contributed by atoms with van der Waals surface area (Å²) in [5.41, 5.74) is 2.22. The fourth-order valence-corrected chi connectivity index (χ4v) is 3.58. The van der Waals surface area contributed by atoms with Crippen molar-refractivity contribution in [2.75, 3.05) is 0 Å². The number of sulfonamides is 1. The molecule has 3 aromatic carbocycles. The summed E-state index contributed by atoms with van der Waals surface area (Å²) in [6.45, 7) is 1.88. The Hall–Kier alpha value is -3.25. The normalized spacial score (nSPS) is 11.8. The first-order valence-electron chi connectivity index (χ1n) is 8.75. The molecule has 0 aliphatic rings. The van der Waals surface area contributed by atoms with Gasteiger partial charge in [0.25, 0.3) is 15.9 Å². The summed E-state index contributed by atoms with van der Waals surface area (Å²) in [4.78, 5) is 12.6. The Kier molecular flexibility index (Phi) is 6.01. The minimum Gasteiger partial charge on any atom is -0.309 e. The third-order valence-corrected chi connectivity index (χ3v) is 5.39. The van der Waals surface area contributed by atoms with Crippen LogP contribution in [0.2, 0.25) is 0 Å². The van der Waals surface area contributed by atoms with Gasteiger partial charge >= 0.3 is 0 Å². The summed E-state index contributed by atoms with van der Waals surface area (Å²) < 4.78 is 29.4. The smallest absolute Gasteiger partial charge is 0.283 e. The van der Waals surface area contributed by atoms with E-state index in [0.29, 0.717) is 5.56 Å². The molecule has 0 spiro atoms. The van der Waals surface area contributed by atoms with E-state index in [1.807, 2.05) is 37.3 Å². The van der Waals surface area contributed by atoms with Crippen molar-refractivity contribution in [2.45, 2.75) is 18.2 Å². The molecule has 142 valence electrons. The fourth-order valence-electron chi connectivity index (χ4n) is 2.59. The Labute approximate surface area is 164 Å². The number of nitrogens with zero attached hydrogens (tertiary/aromatic N) is 1. The van der Waals surface area contributed by atoms with Crippen LogP contribution in [0.1, 0.15) is 21.5 Å². The molecule has 6 heteroatoms. The lowest BCUT2D eigenvalue weighted by atomic mass is 10.1. The van der Waals surface area contributed by atoms with Crippen molar-refractivity contribution in [2.24, 2.45) is 4.40 Å². The summed E-state index contributed by atoms with van der Waals surface area (Å²) in [5.74, 6) is -0.338. The van der Waals surface area contributed by atoms with Gasteiger partial charge in [0, 0.05) is 12.0 Å². The van der Waals surface area contributed by atoms with Gasteiger partial charge in [0.1, 0.15) is 5.84 Å². The lowest BCUT2D eigenvalue weighted by Crippen LogP contribution is -2.32. The SMILES string of the molecule is Cc1ccc(S(=O)(=O)/N=C(\Cc2ccccc2)NC(=O)c2ccccc2)cc1. The van der Waals surface area contributed by atoms with Crippen molar-refractivity contribution < 1.29 is 13.2 Å². The summed E-state index contributed by atoms with van der Waals surface area (Å²) in [6, 6.07) is 24.3. The van der Waals surface area contributed by atoms with Gasteiger partial charge in [-0.05, 0) is 36.8 Å². The van der Waals surface area contributed by atoms with E-state index in [1.165, 1.54) is 12.1 Å². The number of carbonyl (C=O) groups excluding carboxylic acids is 1. The molecule has 0 unspecified atom stereocenters. The standard InChI is InChI=1S/C22H20N2O3S/c1-17-12-14-20(15-13-17)28(26,27)24-21(16-18-8-4-2-5-9-18)23-22(25)19-10-6-3-7-11-19/h2-15H,16H2,1H3,(H,23,24,25). The first kappa shape index (κ1) is 19.5. The molecular weight excluding hydrogens is 372 g/mol. The first-order chi connectivity index (χ1) is 13.4. The molecule has 0 fully saturated rings. The maximum Gasteiger partial charge on any atom is 0.283 e. The van der Waals surface area contributed by atoms with E-state index in [-0.39, 0.29) is 17.2 Å². The Morgan fingerprint density at radius 2 is 1.43 bits per heavy atom. The van der Waals surface area contributed by atoms with E-state index < -0.39 is 15.9 Å². The van der Waals surface area contributed by atoms with E-state index in [4.69, 9.17) is 0 Å². The minimum absolute atomic E-state index is 0.0700. The first-order valence-corrected chi connectivity index (χ1v) is 10.2. The number of hydrogen-bond donors (Lipinski definition) is 1. The summed E-state index contributed by atoms with van der Waals surface area (Å²) in [7, 11) is -3.95. The molecule has 0 aromatic heterocycles. The zero-order valence-electron chi connectivity index (χ0n) is 15.4. The van der Waals surface area contributed by atoms with Crippen molar-refractivity contribution in [1.29, 1.82) is 0 Å². The molecule has 0 saturated heterocycles. The second-order valence-electron chi connectivity index (χ2n) is 6.31. The van der Waals surface area contributed by atoms with Crippen LogP contribution in [-0.4, -0.2) is 20.2 Å². The number of amidine groups is 1. The molecule has 0 radical (unpaired) electrons. The van der Waals surface area contributed by atoms with Crippen LogP contribution in [0, 0.1) is 6.92 Å². The van der Waals surface area contributed by atoms with Crippen LogP contribution in [0.5, 0.6) is 0 Å². The van der Waals surface area contributed by atoms with Gasteiger partial charge in [-0.25, -0.2) is 0 Å². The van der Waals surface area contributed by atoms with Gasteiger partial charge in [-0.2, -0.15) is 8.42 Å². The number of rotatable bonds is 5. The molecule has 0 bridgehead atoms. The summed E-state index contributed by atoms with van der Waals surface area (Å²) in [6.07, 6.45) is 0.185. The molecule has 1 amide bonds. The molecule has 0 heterocycles. The van der Waals surface area contributed by atoms with E-state index in [0.717, 1.165) is 11.1 Å². The van der Waals surface area contributed by atoms with Crippen LogP contribution in [0.4, 0.5) is 0 Å². The second kappa shape index (κ2) is 8.63. The van der Waals surface area contributed by atoms with Gasteiger partial charge in [-0.3, -0.25) is 4.79 Å². The Morgan fingerprint density at radius 1 is 0.857 bits per heavy atom. The molecule has 3 rings (SSSR count). The fraction of sp³-hybridized carbons (Fsp3) is 0.0909. The largest absolute Gasteiger partial charge is 0.309 e. The van der Waals surface area contributed by atoms with Crippen LogP contribution in [0.3, 0.4) is 0 Å². The Morgan fingerprint density at radius 3 is 2.04 bits per heavy atom. The molecular formula is C22H20N2O3S. The van der Waals surface area contributed by atoms with Gasteiger partial charge < -0.3 is 5.32 Å². The monoisotopic (exact) mass is 392 g/mol. The number of aryl methyl sites for hydroxylation is 1. The van der Waals surface area contributed by atoms with Gasteiger partial charge in [0.05, 0.1) is 4.90 Å². The van der Waals surface area contributed by atoms with Gasteiger partial charge in [-0.1, -0.05) is 66.2 Å². The van der Waals surface area contributed by atoms with Crippen molar-refractivity contribution >= 4 is 21.8 Å². The topological polar surface area (TPSA) is 75.6 Å². The summed E-state index contributed by atoms with van der Waals surface area (Å²) >= 11 is 0. The molecule has 0 saturated carbocycles. The van der Waals surface area contributed by atoms with Gasteiger partial charge in [0.15, 0.2) is 0 Å². The van der Waals surface area contributed by atoms with Crippen molar-refractivity contribution in [3.63, 3.8) is 0 Å². The predicted molar refractivity (Wildman–Crippen MR) is 110 cm³/mol. The number of nitrogens with one attached hydrogen (secondary N) is 1. The van der Waals surface area contributed by atoms with Crippen LogP contribution in [0.15, 0.2) is 94.2 Å². The maximum atomic E-state index is 12.7. The molecule has 0 atom stereocenters. The van der Waals surface area contributed by atoms with Gasteiger partial charge in [0.2, 0.25) is 0 Å². The van der Waals surface area contributed by atoms with Crippen LogP contribution in [0.25, 0.3) is 0 Å². The highest BCUT2D eigenvalue weighted by Crippen LogP contribution is 2.14. The number of carbonyl (C=O) groups is 1. The molecule has 1 N–H and O–H groups in total. The highest BCUT2D eigenvalue weighted by Gasteiger charge is 2.17. The van der Waals surface area contributed by atoms with Crippen molar-refractivity contribution in [3.05, 3.63) is 102 Å². The van der Waals surface area contributed by atoms with Crippen molar-refractivity contribution in [1.82, 2.24) is 5.32 Å². The number of amides is 1. The lowest BCUT2D eigenvalue weighted by Gasteiger charge is -2.10.